The fraction of sp³-hybridized carbons (Fsp3) is 0.333. The quantitative estimate of drug-likeness (QED) is 0.281. The van der Waals surface area contributed by atoms with E-state index in [0.29, 0.717) is 12.0 Å². The van der Waals surface area contributed by atoms with Crippen LogP contribution >= 0.6 is 0 Å². The third kappa shape index (κ3) is 15.3. The van der Waals surface area contributed by atoms with Crippen LogP contribution in [-0.2, 0) is 6.42 Å². The number of nitro groups is 1. The van der Waals surface area contributed by atoms with E-state index in [4.69, 9.17) is 0 Å². The summed E-state index contributed by atoms with van der Waals surface area (Å²) in [6, 6.07) is 8.15. The molecule has 1 aromatic rings. The second-order valence-corrected chi connectivity index (χ2v) is 5.11. The van der Waals surface area contributed by atoms with E-state index in [9.17, 15) is 10.1 Å². The summed E-state index contributed by atoms with van der Waals surface area (Å²) in [7, 11) is 0. The maximum absolute atomic E-state index is 10.8. The average molecular weight is 372 g/mol. The zero-order valence-corrected chi connectivity index (χ0v) is 18.0. The van der Waals surface area contributed by atoms with E-state index in [1.807, 2.05) is 65.8 Å². The number of benzene rings is 1. The Bertz CT molecular complexity index is 608. The maximum atomic E-state index is 10.8. The molecule has 0 aromatic heterocycles. The smallest absolute Gasteiger partial charge is 0.258 e. The number of nitrogens with zero attached hydrogens (tertiary/aromatic N) is 1. The molecular weight excluding hydrogens is 334 g/mol. The van der Waals surface area contributed by atoms with Crippen molar-refractivity contribution in [2.45, 2.75) is 54.4 Å². The molecule has 3 heteroatoms. The molecular formula is C24H37NO2. The van der Waals surface area contributed by atoms with Gasteiger partial charge in [0.2, 0.25) is 0 Å². The Morgan fingerprint density at radius 3 is 1.74 bits per heavy atom. The average Bonchev–Trinajstić information content (AvgIpc) is 2.69. The molecule has 0 N–H and O–H groups in total. The maximum Gasteiger partial charge on any atom is 0.271 e. The van der Waals surface area contributed by atoms with Gasteiger partial charge in [-0.05, 0) is 32.3 Å². The lowest BCUT2D eigenvalue weighted by Gasteiger charge is -2.04. The van der Waals surface area contributed by atoms with Crippen molar-refractivity contribution in [2.24, 2.45) is 0 Å². The first kappa shape index (κ1) is 29.1. The summed E-state index contributed by atoms with van der Waals surface area (Å²) in [6.45, 7) is 26.1. The molecule has 3 nitrogen and oxygen atoms in total. The Labute approximate surface area is 166 Å². The van der Waals surface area contributed by atoms with Gasteiger partial charge in [0.05, 0.1) is 4.92 Å². The van der Waals surface area contributed by atoms with Crippen molar-refractivity contribution in [2.75, 3.05) is 0 Å². The highest BCUT2D eigenvalue weighted by Crippen LogP contribution is 2.16. The fourth-order valence-electron chi connectivity index (χ4n) is 1.69. The highest BCUT2D eigenvalue weighted by molar-refractivity contribution is 5.28. The van der Waals surface area contributed by atoms with E-state index >= 15 is 0 Å². The van der Waals surface area contributed by atoms with E-state index in [-0.39, 0.29) is 5.70 Å². The lowest BCUT2D eigenvalue weighted by atomic mass is 10.0. The van der Waals surface area contributed by atoms with E-state index in [1.54, 1.807) is 6.08 Å². The van der Waals surface area contributed by atoms with E-state index in [2.05, 4.69) is 26.3 Å². The van der Waals surface area contributed by atoms with Crippen LogP contribution in [0.2, 0.25) is 0 Å². The molecule has 0 atom stereocenters. The molecule has 1 aromatic carbocycles. The Hall–Kier alpha value is -2.68. The minimum Gasteiger partial charge on any atom is -0.258 e. The number of rotatable bonds is 7. The minimum atomic E-state index is -0.418. The molecule has 0 heterocycles. The van der Waals surface area contributed by atoms with Crippen molar-refractivity contribution in [1.29, 1.82) is 0 Å². The van der Waals surface area contributed by atoms with Gasteiger partial charge in [0.1, 0.15) is 0 Å². The molecule has 0 fully saturated rings. The molecule has 0 unspecified atom stereocenters. The summed E-state index contributed by atoms with van der Waals surface area (Å²) >= 11 is 0. The zero-order chi connectivity index (χ0) is 21.8. The molecule has 0 amide bonds. The first-order valence-electron chi connectivity index (χ1n) is 9.31. The van der Waals surface area contributed by atoms with Crippen LogP contribution in [0.4, 0.5) is 0 Å². The van der Waals surface area contributed by atoms with Crippen LogP contribution in [-0.4, -0.2) is 4.92 Å². The Morgan fingerprint density at radius 2 is 1.44 bits per heavy atom. The van der Waals surface area contributed by atoms with Gasteiger partial charge in [0, 0.05) is 11.6 Å². The third-order valence-corrected chi connectivity index (χ3v) is 3.12. The highest BCUT2D eigenvalue weighted by atomic mass is 16.6. The monoisotopic (exact) mass is 371 g/mol. The second-order valence-electron chi connectivity index (χ2n) is 5.11. The Balaban J connectivity index is -0.000000543. The van der Waals surface area contributed by atoms with Crippen LogP contribution in [0.3, 0.4) is 0 Å². The summed E-state index contributed by atoms with van der Waals surface area (Å²) in [5.74, 6) is 0. The van der Waals surface area contributed by atoms with Gasteiger partial charge in [-0.25, -0.2) is 0 Å². The van der Waals surface area contributed by atoms with Crippen LogP contribution < -0.4 is 0 Å². The fourth-order valence-corrected chi connectivity index (χ4v) is 1.69. The number of allylic oxidation sites excluding steroid dienone is 5. The van der Waals surface area contributed by atoms with E-state index in [1.165, 1.54) is 17.7 Å². The Kier molecular flexibility index (Phi) is 21.2. The molecule has 0 aliphatic rings. The first-order valence-corrected chi connectivity index (χ1v) is 9.31. The SMILES string of the molecule is C=C/C(CCc1ccc(C)cc1)=C(\C=C)[N+](=O)[O-].C=CC(=C)C.CC.CC. The molecule has 0 saturated heterocycles. The van der Waals surface area contributed by atoms with Crippen LogP contribution in [0.15, 0.2) is 85.7 Å². The van der Waals surface area contributed by atoms with Gasteiger partial charge in [0.15, 0.2) is 0 Å². The van der Waals surface area contributed by atoms with Crippen LogP contribution in [0.25, 0.3) is 0 Å². The predicted octanol–water partition coefficient (Wildman–Crippen LogP) is 7.63. The van der Waals surface area contributed by atoms with Gasteiger partial charge in [-0.3, -0.25) is 10.1 Å². The van der Waals surface area contributed by atoms with Gasteiger partial charge in [-0.2, -0.15) is 0 Å². The number of hydrogen-bond acceptors (Lipinski definition) is 2. The van der Waals surface area contributed by atoms with Crippen molar-refractivity contribution in [3.05, 3.63) is 107 Å². The molecule has 0 radical (unpaired) electrons. The zero-order valence-electron chi connectivity index (χ0n) is 18.0. The second kappa shape index (κ2) is 19.6. The topological polar surface area (TPSA) is 43.1 Å². The standard InChI is InChI=1S/C15H17NO2.C5H8.2C2H6/c1-4-14(15(5-2)16(17)18)11-10-13-8-6-12(3)7-9-13;1-4-5(2)3;2*1-2/h4-9H,1-2,10-11H2,3H3;4H,1-2H2,3H3;2*1-2H3/b15-14-;;;. The molecule has 0 aliphatic heterocycles. The Morgan fingerprint density at radius 1 is 1.00 bits per heavy atom. The normalized spacial score (nSPS) is 9.41. The third-order valence-electron chi connectivity index (χ3n) is 3.12. The lowest BCUT2D eigenvalue weighted by Crippen LogP contribution is -2.00. The minimum absolute atomic E-state index is 0.0390. The van der Waals surface area contributed by atoms with Crippen molar-refractivity contribution < 1.29 is 4.92 Å². The number of hydrogen-bond donors (Lipinski definition) is 0. The van der Waals surface area contributed by atoms with Gasteiger partial charge >= 0.3 is 0 Å². The first-order chi connectivity index (χ1) is 12.8. The van der Waals surface area contributed by atoms with Crippen molar-refractivity contribution in [3.8, 4) is 0 Å². The summed E-state index contributed by atoms with van der Waals surface area (Å²) < 4.78 is 0. The highest BCUT2D eigenvalue weighted by Gasteiger charge is 2.11. The molecule has 1 rings (SSSR count). The molecule has 0 bridgehead atoms. The van der Waals surface area contributed by atoms with E-state index in [0.717, 1.165) is 17.6 Å². The van der Waals surface area contributed by atoms with Crippen molar-refractivity contribution in [1.82, 2.24) is 0 Å². The molecule has 0 saturated carbocycles. The number of aryl methyl sites for hydroxylation is 2. The van der Waals surface area contributed by atoms with Crippen LogP contribution in [0.1, 0.15) is 52.2 Å². The van der Waals surface area contributed by atoms with Crippen molar-refractivity contribution in [3.63, 3.8) is 0 Å². The van der Waals surface area contributed by atoms with Gasteiger partial charge in [-0.15, -0.1) is 0 Å². The molecule has 0 aliphatic carbocycles. The summed E-state index contributed by atoms with van der Waals surface area (Å²) in [4.78, 5) is 10.4. The van der Waals surface area contributed by atoms with Gasteiger partial charge < -0.3 is 0 Å². The summed E-state index contributed by atoms with van der Waals surface area (Å²) in [6.07, 6.45) is 5.88. The van der Waals surface area contributed by atoms with E-state index < -0.39 is 4.92 Å². The van der Waals surface area contributed by atoms with Crippen molar-refractivity contribution >= 4 is 0 Å². The van der Waals surface area contributed by atoms with Crippen LogP contribution in [0, 0.1) is 17.0 Å². The molecule has 0 spiro atoms. The summed E-state index contributed by atoms with van der Waals surface area (Å²) in [5.41, 5.74) is 4.04. The lowest BCUT2D eigenvalue weighted by molar-refractivity contribution is -0.420. The van der Waals surface area contributed by atoms with Gasteiger partial charge in [-0.1, -0.05) is 102 Å². The largest absolute Gasteiger partial charge is 0.271 e. The molecule has 27 heavy (non-hydrogen) atoms. The predicted molar refractivity (Wildman–Crippen MR) is 122 cm³/mol. The summed E-state index contributed by atoms with van der Waals surface area (Å²) in [5, 5.41) is 10.8. The van der Waals surface area contributed by atoms with Crippen LogP contribution in [0.5, 0.6) is 0 Å². The molecule has 150 valence electrons. The van der Waals surface area contributed by atoms with Gasteiger partial charge in [0.25, 0.3) is 5.70 Å².